The van der Waals surface area contributed by atoms with Crippen molar-refractivity contribution >= 4 is 17.3 Å². The van der Waals surface area contributed by atoms with Crippen LogP contribution in [0.1, 0.15) is 56.0 Å². The predicted molar refractivity (Wildman–Crippen MR) is 94.0 cm³/mol. The second-order valence-corrected chi connectivity index (χ2v) is 6.00. The summed E-state index contributed by atoms with van der Waals surface area (Å²) in [6.45, 7) is 9.28. The fourth-order valence-corrected chi connectivity index (χ4v) is 2.70. The van der Waals surface area contributed by atoms with E-state index in [9.17, 15) is 9.59 Å². The highest BCUT2D eigenvalue weighted by atomic mass is 16.5. The summed E-state index contributed by atoms with van der Waals surface area (Å²) in [5, 5.41) is 0. The summed E-state index contributed by atoms with van der Waals surface area (Å²) >= 11 is 0. The largest absolute Gasteiger partial charge is 0.494 e. The number of methoxy groups -OCH3 is 1. The lowest BCUT2D eigenvalue weighted by molar-refractivity contribution is -0.120. The van der Waals surface area contributed by atoms with Crippen LogP contribution in [0, 0.1) is 5.92 Å². The van der Waals surface area contributed by atoms with Gasteiger partial charge in [0.2, 0.25) is 0 Å². The molecule has 4 heteroatoms. The van der Waals surface area contributed by atoms with Gasteiger partial charge in [0.25, 0.3) is 0 Å². The molecule has 0 saturated carbocycles. The van der Waals surface area contributed by atoms with Crippen molar-refractivity contribution in [2.24, 2.45) is 5.92 Å². The zero-order valence-corrected chi connectivity index (χ0v) is 14.6. The molecule has 1 unspecified atom stereocenters. The van der Waals surface area contributed by atoms with Crippen LogP contribution in [-0.4, -0.2) is 18.7 Å². The van der Waals surface area contributed by atoms with Gasteiger partial charge >= 0.3 is 0 Å². The average molecular weight is 317 g/mol. The number of ketones is 2. The van der Waals surface area contributed by atoms with E-state index in [0.717, 1.165) is 17.6 Å². The van der Waals surface area contributed by atoms with E-state index in [-0.39, 0.29) is 23.9 Å². The zero-order chi connectivity index (χ0) is 17.6. The fourth-order valence-electron chi connectivity index (χ4n) is 2.70. The van der Waals surface area contributed by atoms with Crippen molar-refractivity contribution in [3.05, 3.63) is 35.4 Å². The average Bonchev–Trinajstić information content (AvgIpc) is 2.49. The third kappa shape index (κ3) is 4.95. The molecular formula is C19H27NO3. The molecule has 0 amide bonds. The molecule has 126 valence electrons. The van der Waals surface area contributed by atoms with E-state index in [0.29, 0.717) is 29.8 Å². The molecule has 1 aromatic rings. The van der Waals surface area contributed by atoms with Crippen LogP contribution >= 0.6 is 0 Å². The summed E-state index contributed by atoms with van der Waals surface area (Å²) in [6, 6.07) is 3.41. The van der Waals surface area contributed by atoms with Gasteiger partial charge in [0.15, 0.2) is 5.78 Å². The van der Waals surface area contributed by atoms with E-state index in [2.05, 4.69) is 6.58 Å². The van der Waals surface area contributed by atoms with E-state index >= 15 is 0 Å². The van der Waals surface area contributed by atoms with E-state index < -0.39 is 0 Å². The first-order chi connectivity index (χ1) is 10.8. The highest BCUT2D eigenvalue weighted by molar-refractivity contribution is 6.01. The number of hydrogen-bond donors (Lipinski definition) is 1. The van der Waals surface area contributed by atoms with Gasteiger partial charge < -0.3 is 10.5 Å². The molecule has 0 radical (unpaired) electrons. The number of Topliss-reactive ketones (excluding diaryl/α,β-unsaturated/α-hetero) is 2. The predicted octanol–water partition coefficient (Wildman–Crippen LogP) is 3.97. The van der Waals surface area contributed by atoms with Gasteiger partial charge in [-0.2, -0.15) is 0 Å². The lowest BCUT2D eigenvalue weighted by atomic mass is 9.88. The molecule has 0 aromatic heterocycles. The van der Waals surface area contributed by atoms with Crippen molar-refractivity contribution in [2.45, 2.75) is 46.5 Å². The van der Waals surface area contributed by atoms with E-state index in [1.165, 1.54) is 0 Å². The van der Waals surface area contributed by atoms with Gasteiger partial charge in [0, 0.05) is 23.5 Å². The number of nitrogens with two attached hydrogens (primary N) is 1. The van der Waals surface area contributed by atoms with Gasteiger partial charge in [-0.1, -0.05) is 12.5 Å². The van der Waals surface area contributed by atoms with Crippen LogP contribution in [0.15, 0.2) is 24.3 Å². The molecule has 0 bridgehead atoms. The monoisotopic (exact) mass is 317 g/mol. The Labute approximate surface area is 138 Å². The Balaban J connectivity index is 3.04. The van der Waals surface area contributed by atoms with Crippen molar-refractivity contribution < 1.29 is 14.3 Å². The number of carbonyl (C=O) groups excluding carboxylic acids is 2. The summed E-state index contributed by atoms with van der Waals surface area (Å²) in [4.78, 5) is 24.5. The van der Waals surface area contributed by atoms with Gasteiger partial charge in [-0.3, -0.25) is 9.59 Å². The Kier molecular flexibility index (Phi) is 7.01. The molecule has 0 aliphatic carbocycles. The third-order valence-corrected chi connectivity index (χ3v) is 4.08. The first-order valence-electron chi connectivity index (χ1n) is 7.95. The number of hydrogen-bond acceptors (Lipinski definition) is 4. The number of nitrogen functional groups attached to an aromatic ring is 1. The first kappa shape index (κ1) is 18.9. The summed E-state index contributed by atoms with van der Waals surface area (Å²) in [5.74, 6) is 0.286. The Morgan fingerprint density at radius 3 is 2.43 bits per heavy atom. The number of anilines is 1. The smallest absolute Gasteiger partial charge is 0.164 e. The van der Waals surface area contributed by atoms with Gasteiger partial charge in [-0.25, -0.2) is 0 Å². The molecule has 4 nitrogen and oxygen atoms in total. The van der Waals surface area contributed by atoms with Gasteiger partial charge in [0.05, 0.1) is 12.8 Å². The van der Waals surface area contributed by atoms with Crippen molar-refractivity contribution in [3.8, 4) is 5.75 Å². The topological polar surface area (TPSA) is 69.4 Å². The third-order valence-electron chi connectivity index (χ3n) is 4.08. The van der Waals surface area contributed by atoms with Crippen LogP contribution in [0.2, 0.25) is 0 Å². The Morgan fingerprint density at radius 2 is 1.96 bits per heavy atom. The molecule has 0 fully saturated rings. The molecule has 0 saturated heterocycles. The summed E-state index contributed by atoms with van der Waals surface area (Å²) in [5.41, 5.74) is 8.85. The minimum absolute atomic E-state index is 0.0398. The quantitative estimate of drug-likeness (QED) is 0.425. The minimum atomic E-state index is -0.271. The standard InChI is InChI=1S/C19H27NO3/c1-6-15-16(9-10-17(20)19(15)23-5)18(22)11-14(13(4)21)8-7-12(2)3/h9-10,14H,2,6-8,11,20H2,1,3-5H3. The maximum atomic E-state index is 12.7. The molecule has 1 aromatic carbocycles. The van der Waals surface area contributed by atoms with Gasteiger partial charge in [0.1, 0.15) is 11.5 Å². The molecule has 1 rings (SSSR count). The lowest BCUT2D eigenvalue weighted by Gasteiger charge is -2.17. The molecule has 0 heterocycles. The highest BCUT2D eigenvalue weighted by Gasteiger charge is 2.22. The van der Waals surface area contributed by atoms with Crippen LogP contribution < -0.4 is 10.5 Å². The number of carbonyl (C=O) groups is 2. The lowest BCUT2D eigenvalue weighted by Crippen LogP contribution is -2.17. The maximum absolute atomic E-state index is 12.7. The van der Waals surface area contributed by atoms with Crippen molar-refractivity contribution in [3.63, 3.8) is 0 Å². The SMILES string of the molecule is C=C(C)CCC(CC(=O)c1ccc(N)c(OC)c1CC)C(C)=O. The van der Waals surface area contributed by atoms with Crippen LogP contribution in [0.5, 0.6) is 5.75 Å². The molecule has 0 aliphatic rings. The maximum Gasteiger partial charge on any atom is 0.164 e. The van der Waals surface area contributed by atoms with Crippen LogP contribution in [0.4, 0.5) is 5.69 Å². The van der Waals surface area contributed by atoms with Crippen LogP contribution in [-0.2, 0) is 11.2 Å². The number of benzene rings is 1. The van der Waals surface area contributed by atoms with Gasteiger partial charge in [-0.15, -0.1) is 6.58 Å². The molecule has 0 spiro atoms. The Morgan fingerprint density at radius 1 is 1.30 bits per heavy atom. The zero-order valence-electron chi connectivity index (χ0n) is 14.6. The Hall–Kier alpha value is -2.10. The molecule has 0 aliphatic heterocycles. The van der Waals surface area contributed by atoms with Crippen LogP contribution in [0.25, 0.3) is 0 Å². The molecule has 23 heavy (non-hydrogen) atoms. The van der Waals surface area contributed by atoms with E-state index in [1.807, 2.05) is 13.8 Å². The van der Waals surface area contributed by atoms with Crippen molar-refractivity contribution in [1.29, 1.82) is 0 Å². The number of ether oxygens (including phenoxy) is 1. The first-order valence-corrected chi connectivity index (χ1v) is 7.95. The number of rotatable bonds is 9. The van der Waals surface area contributed by atoms with Gasteiger partial charge in [-0.05, 0) is 45.2 Å². The fraction of sp³-hybridized carbons (Fsp3) is 0.474. The summed E-state index contributed by atoms with van der Waals surface area (Å²) in [7, 11) is 1.55. The summed E-state index contributed by atoms with van der Waals surface area (Å²) in [6.07, 6.45) is 2.27. The van der Waals surface area contributed by atoms with E-state index in [4.69, 9.17) is 10.5 Å². The molecule has 1 atom stereocenters. The second-order valence-electron chi connectivity index (χ2n) is 6.00. The minimum Gasteiger partial charge on any atom is -0.494 e. The normalized spacial score (nSPS) is 11.8. The highest BCUT2D eigenvalue weighted by Crippen LogP contribution is 2.31. The van der Waals surface area contributed by atoms with Crippen molar-refractivity contribution in [2.75, 3.05) is 12.8 Å². The second kappa shape index (κ2) is 8.51. The Bertz CT molecular complexity index is 605. The number of allylic oxidation sites excluding steroid dienone is 1. The van der Waals surface area contributed by atoms with Crippen molar-refractivity contribution in [1.82, 2.24) is 0 Å². The summed E-state index contributed by atoms with van der Waals surface area (Å²) < 4.78 is 5.33. The van der Waals surface area contributed by atoms with E-state index in [1.54, 1.807) is 26.2 Å². The van der Waals surface area contributed by atoms with Crippen LogP contribution in [0.3, 0.4) is 0 Å². The molecule has 2 N–H and O–H groups in total. The molecular weight excluding hydrogens is 290 g/mol.